The molecule has 0 unspecified atom stereocenters. The van der Waals surface area contributed by atoms with Gasteiger partial charge in [-0.2, -0.15) is 5.10 Å². The maximum Gasteiger partial charge on any atom is 0.185 e. The Balaban J connectivity index is 1.75. The summed E-state index contributed by atoms with van der Waals surface area (Å²) in [6.45, 7) is 0. The molecule has 0 aliphatic heterocycles. The molecule has 22 heavy (non-hydrogen) atoms. The maximum atomic E-state index is 12.3. The predicted molar refractivity (Wildman–Crippen MR) is 87.5 cm³/mol. The number of H-pyrrole nitrogens is 1. The second-order valence-corrected chi connectivity index (χ2v) is 5.14. The highest BCUT2D eigenvalue weighted by atomic mass is 16.1. The van der Waals surface area contributed by atoms with E-state index in [1.807, 2.05) is 60.7 Å². The van der Waals surface area contributed by atoms with Gasteiger partial charge in [0.15, 0.2) is 11.5 Å². The van der Waals surface area contributed by atoms with Crippen molar-refractivity contribution in [1.82, 2.24) is 10.2 Å². The van der Waals surface area contributed by atoms with E-state index in [1.165, 1.54) is 0 Å². The number of nitrogen functional groups attached to an aromatic ring is 1. The van der Waals surface area contributed by atoms with Crippen LogP contribution in [0.4, 0.5) is 5.69 Å². The Hall–Kier alpha value is -2.88. The standard InChI is InChI=1S/C18H17N3O/c19-16-17(14-9-5-2-6-10-14)20-21-18(16)15(22)12-11-13-7-3-1-4-8-13/h1-10H,11-12,19H2,(H,20,21). The molecule has 1 aromatic heterocycles. The van der Waals surface area contributed by atoms with E-state index in [2.05, 4.69) is 10.2 Å². The molecule has 0 fully saturated rings. The number of aryl methyl sites for hydroxylation is 1. The number of nitrogens with zero attached hydrogens (tertiary/aromatic N) is 1. The highest BCUT2D eigenvalue weighted by molar-refractivity contribution is 6.01. The number of anilines is 1. The fourth-order valence-electron chi connectivity index (χ4n) is 2.41. The summed E-state index contributed by atoms with van der Waals surface area (Å²) in [5.74, 6) is -0.0419. The lowest BCUT2D eigenvalue weighted by Crippen LogP contribution is -2.05. The van der Waals surface area contributed by atoms with Crippen molar-refractivity contribution in [3.8, 4) is 11.3 Å². The molecule has 4 nitrogen and oxygen atoms in total. The van der Waals surface area contributed by atoms with E-state index >= 15 is 0 Å². The van der Waals surface area contributed by atoms with Gasteiger partial charge in [0.25, 0.3) is 0 Å². The van der Waals surface area contributed by atoms with Gasteiger partial charge < -0.3 is 5.73 Å². The van der Waals surface area contributed by atoms with Crippen LogP contribution < -0.4 is 5.73 Å². The molecule has 0 radical (unpaired) electrons. The molecule has 0 spiro atoms. The zero-order valence-electron chi connectivity index (χ0n) is 12.1. The Morgan fingerprint density at radius 1 is 1.00 bits per heavy atom. The molecule has 0 amide bonds. The fraction of sp³-hybridized carbons (Fsp3) is 0.111. The SMILES string of the molecule is Nc1c(C(=O)CCc2ccccc2)n[nH]c1-c1ccccc1. The Bertz CT molecular complexity index is 764. The summed E-state index contributed by atoms with van der Waals surface area (Å²) < 4.78 is 0. The molecular formula is C18H17N3O. The number of carbonyl (C=O) groups is 1. The Labute approximate surface area is 129 Å². The summed E-state index contributed by atoms with van der Waals surface area (Å²) in [5.41, 5.74) is 9.60. The minimum Gasteiger partial charge on any atom is -0.395 e. The van der Waals surface area contributed by atoms with Crippen LogP contribution in [0, 0.1) is 0 Å². The highest BCUT2D eigenvalue weighted by Crippen LogP contribution is 2.26. The molecule has 3 aromatic rings. The number of rotatable bonds is 5. The first-order chi connectivity index (χ1) is 10.8. The van der Waals surface area contributed by atoms with Crippen LogP contribution in [0.5, 0.6) is 0 Å². The Morgan fingerprint density at radius 2 is 1.64 bits per heavy atom. The topological polar surface area (TPSA) is 71.8 Å². The molecule has 0 aliphatic carbocycles. The molecule has 3 N–H and O–H groups in total. The summed E-state index contributed by atoms with van der Waals surface area (Å²) >= 11 is 0. The monoisotopic (exact) mass is 291 g/mol. The van der Waals surface area contributed by atoms with Crippen LogP contribution >= 0.6 is 0 Å². The van der Waals surface area contributed by atoms with Crippen molar-refractivity contribution < 1.29 is 4.79 Å². The number of ketones is 1. The highest BCUT2D eigenvalue weighted by Gasteiger charge is 2.17. The number of carbonyl (C=O) groups excluding carboxylic acids is 1. The maximum absolute atomic E-state index is 12.3. The average Bonchev–Trinajstić information content (AvgIpc) is 2.96. The van der Waals surface area contributed by atoms with Crippen molar-refractivity contribution in [1.29, 1.82) is 0 Å². The van der Waals surface area contributed by atoms with Crippen molar-refractivity contribution >= 4 is 11.5 Å². The zero-order chi connectivity index (χ0) is 15.4. The average molecular weight is 291 g/mol. The van der Waals surface area contributed by atoms with Crippen LogP contribution in [-0.2, 0) is 6.42 Å². The van der Waals surface area contributed by atoms with E-state index in [0.717, 1.165) is 11.1 Å². The summed E-state index contributed by atoms with van der Waals surface area (Å²) in [6.07, 6.45) is 1.08. The molecule has 0 bridgehead atoms. The molecule has 4 heteroatoms. The summed E-state index contributed by atoms with van der Waals surface area (Å²) in [4.78, 5) is 12.3. The summed E-state index contributed by atoms with van der Waals surface area (Å²) in [5, 5.41) is 6.98. The van der Waals surface area contributed by atoms with Crippen molar-refractivity contribution in [2.45, 2.75) is 12.8 Å². The lowest BCUT2D eigenvalue weighted by molar-refractivity contribution is 0.0979. The first-order valence-corrected chi connectivity index (χ1v) is 7.22. The molecule has 110 valence electrons. The number of aromatic amines is 1. The minimum atomic E-state index is -0.0419. The molecule has 0 aliphatic rings. The van der Waals surface area contributed by atoms with Crippen molar-refractivity contribution in [2.24, 2.45) is 0 Å². The number of nitrogens with two attached hydrogens (primary N) is 1. The van der Waals surface area contributed by atoms with Crippen LogP contribution in [0.2, 0.25) is 0 Å². The van der Waals surface area contributed by atoms with Crippen LogP contribution in [0.15, 0.2) is 60.7 Å². The van der Waals surface area contributed by atoms with Crippen LogP contribution in [-0.4, -0.2) is 16.0 Å². The molecule has 2 aromatic carbocycles. The number of hydrogen-bond acceptors (Lipinski definition) is 3. The Kier molecular flexibility index (Phi) is 4.01. The largest absolute Gasteiger partial charge is 0.395 e. The second-order valence-electron chi connectivity index (χ2n) is 5.14. The molecule has 0 saturated heterocycles. The number of benzene rings is 2. The molecule has 0 saturated carbocycles. The quantitative estimate of drug-likeness (QED) is 0.707. The van der Waals surface area contributed by atoms with Gasteiger partial charge in [-0.3, -0.25) is 9.89 Å². The van der Waals surface area contributed by atoms with Gasteiger partial charge in [0.1, 0.15) is 0 Å². The molecular weight excluding hydrogens is 274 g/mol. The predicted octanol–water partition coefficient (Wildman–Crippen LogP) is 3.47. The van der Waals surface area contributed by atoms with E-state index in [-0.39, 0.29) is 5.78 Å². The third-order valence-electron chi connectivity index (χ3n) is 3.61. The first kappa shape index (κ1) is 14.1. The van der Waals surface area contributed by atoms with Crippen LogP contribution in [0.25, 0.3) is 11.3 Å². The van der Waals surface area contributed by atoms with Crippen molar-refractivity contribution in [3.05, 3.63) is 71.9 Å². The van der Waals surface area contributed by atoms with Crippen molar-refractivity contribution in [3.63, 3.8) is 0 Å². The van der Waals surface area contributed by atoms with E-state index in [9.17, 15) is 4.79 Å². The Morgan fingerprint density at radius 3 is 2.32 bits per heavy atom. The van der Waals surface area contributed by atoms with Gasteiger partial charge in [0.05, 0.1) is 11.4 Å². The lowest BCUT2D eigenvalue weighted by Gasteiger charge is -2.01. The van der Waals surface area contributed by atoms with E-state index in [0.29, 0.717) is 29.9 Å². The first-order valence-electron chi connectivity index (χ1n) is 7.22. The third kappa shape index (κ3) is 2.91. The van der Waals surface area contributed by atoms with Gasteiger partial charge in [-0.05, 0) is 12.0 Å². The van der Waals surface area contributed by atoms with Crippen LogP contribution in [0.3, 0.4) is 0 Å². The van der Waals surface area contributed by atoms with Gasteiger partial charge >= 0.3 is 0 Å². The van der Waals surface area contributed by atoms with Gasteiger partial charge in [-0.1, -0.05) is 60.7 Å². The zero-order valence-corrected chi connectivity index (χ0v) is 12.1. The van der Waals surface area contributed by atoms with Gasteiger partial charge in [0, 0.05) is 12.0 Å². The van der Waals surface area contributed by atoms with Crippen molar-refractivity contribution in [2.75, 3.05) is 5.73 Å². The number of nitrogens with one attached hydrogen (secondary N) is 1. The van der Waals surface area contributed by atoms with Gasteiger partial charge in [-0.25, -0.2) is 0 Å². The normalized spacial score (nSPS) is 10.5. The minimum absolute atomic E-state index is 0.0419. The summed E-state index contributed by atoms with van der Waals surface area (Å²) in [6, 6.07) is 19.6. The van der Waals surface area contributed by atoms with E-state index < -0.39 is 0 Å². The number of hydrogen-bond donors (Lipinski definition) is 2. The smallest absolute Gasteiger partial charge is 0.185 e. The molecule has 0 atom stereocenters. The number of aromatic nitrogens is 2. The van der Waals surface area contributed by atoms with E-state index in [1.54, 1.807) is 0 Å². The summed E-state index contributed by atoms with van der Waals surface area (Å²) in [7, 11) is 0. The van der Waals surface area contributed by atoms with Gasteiger partial charge in [0.2, 0.25) is 0 Å². The van der Waals surface area contributed by atoms with Crippen LogP contribution in [0.1, 0.15) is 22.5 Å². The lowest BCUT2D eigenvalue weighted by atomic mass is 10.0. The fourth-order valence-corrected chi connectivity index (χ4v) is 2.41. The molecule has 1 heterocycles. The van der Waals surface area contributed by atoms with Gasteiger partial charge in [-0.15, -0.1) is 0 Å². The third-order valence-corrected chi connectivity index (χ3v) is 3.61. The number of Topliss-reactive ketones (excluding diaryl/α,β-unsaturated/α-hetero) is 1. The molecule has 3 rings (SSSR count). The van der Waals surface area contributed by atoms with E-state index in [4.69, 9.17) is 5.73 Å². The second kappa shape index (κ2) is 6.26.